The van der Waals surface area contributed by atoms with Gasteiger partial charge in [0.25, 0.3) is 0 Å². The Morgan fingerprint density at radius 3 is 1.94 bits per heavy atom. The second-order valence-electron chi connectivity index (χ2n) is 15.4. The van der Waals surface area contributed by atoms with Gasteiger partial charge >= 0.3 is 5.97 Å². The van der Waals surface area contributed by atoms with Gasteiger partial charge in [0.2, 0.25) is 17.6 Å². The van der Waals surface area contributed by atoms with E-state index in [9.17, 15) is 34.2 Å². The Hall–Kier alpha value is -6.70. The number of H-pyrrole nitrogens is 1. The minimum Gasteiger partial charge on any atom is -0.550 e. The summed E-state index contributed by atoms with van der Waals surface area (Å²) in [5.74, 6) is -3.49. The van der Waals surface area contributed by atoms with Crippen molar-refractivity contribution in [2.45, 2.75) is 98.2 Å². The van der Waals surface area contributed by atoms with Gasteiger partial charge in [0.05, 0.1) is 24.5 Å². The first-order valence-corrected chi connectivity index (χ1v) is 21.0. The summed E-state index contributed by atoms with van der Waals surface area (Å²) in [4.78, 5) is 60.9. The fraction of sp³-hybridized carbons (Fsp3) is 0.375. The summed E-state index contributed by atoms with van der Waals surface area (Å²) in [7, 11) is 0. The van der Waals surface area contributed by atoms with Crippen LogP contribution in [-0.2, 0) is 41.7 Å². The van der Waals surface area contributed by atoms with Gasteiger partial charge < -0.3 is 34.8 Å². The first-order chi connectivity index (χ1) is 29.8. The smallest absolute Gasteiger partial charge is 0.308 e. The number of carbonyl (C=O) groups is 5. The second kappa shape index (κ2) is 24.5. The minimum absolute atomic E-state index is 0.153. The summed E-state index contributed by atoms with van der Waals surface area (Å²) in [5, 5.41) is 39.5. The van der Waals surface area contributed by atoms with Crippen molar-refractivity contribution >= 4 is 29.7 Å². The van der Waals surface area contributed by atoms with E-state index in [1.54, 1.807) is 27.7 Å². The summed E-state index contributed by atoms with van der Waals surface area (Å²) >= 11 is 0. The number of aromatic nitrogens is 4. The molecule has 2 N–H and O–H groups in total. The van der Waals surface area contributed by atoms with E-state index in [-0.39, 0.29) is 55.0 Å². The number of aliphatic carboxylic acids is 2. The lowest BCUT2D eigenvalue weighted by molar-refractivity contribution is -0.313. The molecule has 0 aliphatic heterocycles. The van der Waals surface area contributed by atoms with Crippen LogP contribution in [0.3, 0.4) is 0 Å². The lowest BCUT2D eigenvalue weighted by Crippen LogP contribution is -2.52. The Labute approximate surface area is 363 Å². The number of nitrogens with one attached hydrogen (secondary N) is 2. The van der Waals surface area contributed by atoms with Crippen LogP contribution >= 0.6 is 0 Å². The zero-order valence-electron chi connectivity index (χ0n) is 36.0. The van der Waals surface area contributed by atoms with Gasteiger partial charge in [0.1, 0.15) is 0 Å². The van der Waals surface area contributed by atoms with Crippen LogP contribution in [0.4, 0.5) is 0 Å². The first kappa shape index (κ1) is 48.0. The summed E-state index contributed by atoms with van der Waals surface area (Å²) in [6, 6.07) is 32.2. The molecule has 328 valence electrons. The molecule has 3 atom stereocenters. The number of tetrazole rings is 1. The van der Waals surface area contributed by atoms with Crippen LogP contribution in [0.1, 0.15) is 84.3 Å². The highest BCUT2D eigenvalue weighted by Gasteiger charge is 2.27. The molecule has 0 saturated carbocycles. The molecule has 0 fully saturated rings. The number of amides is 2. The number of carboxylic acids is 2. The average Bonchev–Trinajstić information content (AvgIpc) is 3.81. The van der Waals surface area contributed by atoms with Crippen molar-refractivity contribution in [3.8, 4) is 33.6 Å². The van der Waals surface area contributed by atoms with Crippen LogP contribution in [0.25, 0.3) is 33.6 Å². The number of unbranched alkanes of at least 4 members (excludes halogenated alkanes) is 1. The molecule has 62 heavy (non-hydrogen) atoms. The number of aromatic amines is 1. The Morgan fingerprint density at radius 1 is 0.742 bits per heavy atom. The molecular formula is C48H56N6O8-2. The molecule has 0 bridgehead atoms. The molecule has 1 unspecified atom stereocenters. The number of carbonyl (C=O) groups excluding carboxylic acids is 5. The maximum Gasteiger partial charge on any atom is 0.308 e. The largest absolute Gasteiger partial charge is 0.550 e. The van der Waals surface area contributed by atoms with E-state index >= 15 is 0 Å². The van der Waals surface area contributed by atoms with Crippen LogP contribution < -0.4 is 15.5 Å². The lowest BCUT2D eigenvalue weighted by Gasteiger charge is -2.35. The quantitative estimate of drug-likeness (QED) is 0.0902. The van der Waals surface area contributed by atoms with E-state index in [0.29, 0.717) is 31.7 Å². The fourth-order valence-electron chi connectivity index (χ4n) is 7.03. The summed E-state index contributed by atoms with van der Waals surface area (Å²) < 4.78 is 5.07. The lowest BCUT2D eigenvalue weighted by atomic mass is 9.94. The highest BCUT2D eigenvalue weighted by atomic mass is 16.5. The highest BCUT2D eigenvalue weighted by molar-refractivity contribution is 5.84. The maximum absolute atomic E-state index is 12.8. The second-order valence-corrected chi connectivity index (χ2v) is 15.4. The Bertz CT molecular complexity index is 2180. The van der Waals surface area contributed by atoms with E-state index in [1.165, 1.54) is 4.90 Å². The molecule has 1 aromatic heterocycles. The molecule has 0 radical (unpaired) electrons. The van der Waals surface area contributed by atoms with E-state index in [0.717, 1.165) is 51.8 Å². The molecular weight excluding hydrogens is 789 g/mol. The molecule has 5 rings (SSSR count). The van der Waals surface area contributed by atoms with Gasteiger partial charge in [-0.05, 0) is 77.1 Å². The minimum atomic E-state index is -1.27. The van der Waals surface area contributed by atoms with Gasteiger partial charge in [0, 0.05) is 37.0 Å². The molecule has 14 nitrogen and oxygen atoms in total. The number of rotatable bonds is 21. The third-order valence-electron chi connectivity index (χ3n) is 10.2. The number of esters is 1. The van der Waals surface area contributed by atoms with Gasteiger partial charge in [-0.1, -0.05) is 137 Å². The third-order valence-corrected chi connectivity index (χ3v) is 10.2. The molecule has 0 spiro atoms. The van der Waals surface area contributed by atoms with Crippen LogP contribution in [0, 0.1) is 11.8 Å². The average molecular weight is 845 g/mol. The van der Waals surface area contributed by atoms with Crippen molar-refractivity contribution < 1.29 is 38.9 Å². The van der Waals surface area contributed by atoms with Crippen molar-refractivity contribution in [2.24, 2.45) is 11.8 Å². The normalized spacial score (nSPS) is 12.3. The van der Waals surface area contributed by atoms with Gasteiger partial charge in [0.15, 0.2) is 0 Å². The molecule has 4 aromatic carbocycles. The van der Waals surface area contributed by atoms with E-state index in [2.05, 4.69) is 25.9 Å². The summed E-state index contributed by atoms with van der Waals surface area (Å²) in [6.07, 6.45) is 2.34. The van der Waals surface area contributed by atoms with Crippen LogP contribution in [-0.4, -0.2) is 73.9 Å². The monoisotopic (exact) mass is 844 g/mol. The third kappa shape index (κ3) is 14.8. The molecule has 0 aliphatic carbocycles. The number of hydrogen-bond acceptors (Lipinski definition) is 11. The van der Waals surface area contributed by atoms with E-state index in [1.807, 2.05) is 110 Å². The van der Waals surface area contributed by atoms with E-state index in [4.69, 9.17) is 4.74 Å². The van der Waals surface area contributed by atoms with E-state index < -0.39 is 18.0 Å². The number of hydrogen-bond donors (Lipinski definition) is 2. The topological polar surface area (TPSA) is 210 Å². The predicted molar refractivity (Wildman–Crippen MR) is 231 cm³/mol. The zero-order valence-corrected chi connectivity index (χ0v) is 36.0. The van der Waals surface area contributed by atoms with Crippen molar-refractivity contribution in [2.75, 3.05) is 6.61 Å². The maximum atomic E-state index is 12.8. The van der Waals surface area contributed by atoms with Gasteiger partial charge in [-0.2, -0.15) is 5.21 Å². The zero-order chi connectivity index (χ0) is 45.0. The van der Waals surface area contributed by atoms with Crippen molar-refractivity contribution in [3.63, 3.8) is 0 Å². The molecule has 0 aliphatic rings. The Kier molecular flexibility index (Phi) is 19.0. The number of nitrogens with zero attached hydrogens (tertiary/aromatic N) is 4. The number of ether oxygens (including phenoxy) is 1. The van der Waals surface area contributed by atoms with Gasteiger partial charge in [-0.3, -0.25) is 14.4 Å². The Morgan fingerprint density at radius 2 is 1.35 bits per heavy atom. The van der Waals surface area contributed by atoms with Crippen molar-refractivity contribution in [1.82, 2.24) is 30.8 Å². The fourth-order valence-corrected chi connectivity index (χ4v) is 7.03. The van der Waals surface area contributed by atoms with Crippen LogP contribution in [0.2, 0.25) is 0 Å². The Balaban J connectivity index is 0.000000273. The van der Waals surface area contributed by atoms with Crippen molar-refractivity contribution in [3.05, 3.63) is 114 Å². The molecule has 2 amide bonds. The summed E-state index contributed by atoms with van der Waals surface area (Å²) in [5.41, 5.74) is 6.83. The summed E-state index contributed by atoms with van der Waals surface area (Å²) in [6.45, 7) is 9.60. The van der Waals surface area contributed by atoms with Crippen LogP contribution in [0.5, 0.6) is 0 Å². The molecule has 5 aromatic rings. The molecule has 14 heteroatoms. The first-order valence-electron chi connectivity index (χ1n) is 21.0. The molecule has 1 heterocycles. The standard InChI is InChI=1S/C24H29N5O3.C24H29NO5/c1-4-5-10-21(30)29(22(16(2)3)24(31)32)15-17-11-13-18(14-12-17)19-8-6-7-9-20(19)23-25-27-28-26-23;1-3-30-24(29)17(2)15-21(25-22(26)13-14-23(27)28)16-18-9-11-20(12-10-18)19-7-5-4-6-8-19/h6-9,11-14,16,22H,4-5,10,15H2,1-3H3,(H,31,32)(H,25,26,27,28);4-12,17,21H,3,13-16H2,1-2H3,(H,25,26)(H,27,28)/p-2/t22-;17-,21?/m01/s1. The number of benzene rings is 4. The van der Waals surface area contributed by atoms with Gasteiger partial charge in [-0.15, -0.1) is 10.2 Å². The number of carboxylic acid groups (broad SMARTS) is 2. The SMILES string of the molecule is CCCCC(=O)N(Cc1ccc(-c2ccccc2-c2nn[nH]n2)cc1)[C@H](C(=O)[O-])C(C)C.CCOC(=O)[C@H](C)CC(Cc1ccc(-c2ccccc2)cc1)NC(=O)CCC(=O)[O-]. The van der Waals surface area contributed by atoms with Crippen molar-refractivity contribution in [1.29, 1.82) is 0 Å². The highest BCUT2D eigenvalue weighted by Crippen LogP contribution is 2.30. The molecule has 0 saturated heterocycles. The van der Waals surface area contributed by atoms with Gasteiger partial charge in [-0.25, -0.2) is 0 Å². The van der Waals surface area contributed by atoms with Crippen LogP contribution in [0.15, 0.2) is 103 Å². The predicted octanol–water partition coefficient (Wildman–Crippen LogP) is 5.33.